The number of halogens is 4. The minimum atomic E-state index is -4.50. The van der Waals surface area contributed by atoms with Crippen molar-refractivity contribution < 1.29 is 17.6 Å². The van der Waals surface area contributed by atoms with Gasteiger partial charge in [-0.25, -0.2) is 4.39 Å². The SMILES string of the molecule is CCNCc1ccc(-c2cnccc2C(F)(F)F)cc1F. The zero-order chi connectivity index (χ0) is 15.5. The summed E-state index contributed by atoms with van der Waals surface area (Å²) in [6, 6.07) is 4.96. The molecule has 2 nitrogen and oxygen atoms in total. The summed E-state index contributed by atoms with van der Waals surface area (Å²) in [5, 5.41) is 2.97. The monoisotopic (exact) mass is 298 g/mol. The van der Waals surface area contributed by atoms with Gasteiger partial charge in [-0.1, -0.05) is 19.1 Å². The van der Waals surface area contributed by atoms with Crippen LogP contribution in [0.5, 0.6) is 0 Å². The van der Waals surface area contributed by atoms with E-state index < -0.39 is 17.6 Å². The molecule has 1 N–H and O–H groups in total. The third-order valence-corrected chi connectivity index (χ3v) is 3.06. The number of hydrogen-bond donors (Lipinski definition) is 1. The second-order valence-electron chi connectivity index (χ2n) is 4.51. The lowest BCUT2D eigenvalue weighted by atomic mass is 10.00. The quantitative estimate of drug-likeness (QED) is 0.863. The van der Waals surface area contributed by atoms with Gasteiger partial charge >= 0.3 is 6.18 Å². The topological polar surface area (TPSA) is 24.9 Å². The van der Waals surface area contributed by atoms with Crippen molar-refractivity contribution in [2.75, 3.05) is 6.54 Å². The Morgan fingerprint density at radius 1 is 1.19 bits per heavy atom. The second-order valence-corrected chi connectivity index (χ2v) is 4.51. The first-order chi connectivity index (χ1) is 9.93. The summed E-state index contributed by atoms with van der Waals surface area (Å²) in [6.45, 7) is 2.90. The zero-order valence-corrected chi connectivity index (χ0v) is 11.3. The number of aromatic nitrogens is 1. The van der Waals surface area contributed by atoms with Crippen LogP contribution in [0.3, 0.4) is 0 Å². The van der Waals surface area contributed by atoms with Crippen LogP contribution < -0.4 is 5.32 Å². The molecule has 0 radical (unpaired) electrons. The van der Waals surface area contributed by atoms with E-state index in [1.54, 1.807) is 0 Å². The maximum Gasteiger partial charge on any atom is 0.417 e. The number of benzene rings is 1. The van der Waals surface area contributed by atoms with Gasteiger partial charge in [0.1, 0.15) is 5.82 Å². The number of alkyl halides is 3. The fourth-order valence-electron chi connectivity index (χ4n) is 1.99. The van der Waals surface area contributed by atoms with Gasteiger partial charge < -0.3 is 5.32 Å². The van der Waals surface area contributed by atoms with Crippen LogP contribution in [0.25, 0.3) is 11.1 Å². The molecule has 0 aliphatic heterocycles. The predicted molar refractivity (Wildman–Crippen MR) is 72.0 cm³/mol. The maximum absolute atomic E-state index is 13.9. The number of rotatable bonds is 4. The molecular weight excluding hydrogens is 284 g/mol. The molecule has 0 saturated carbocycles. The fourth-order valence-corrected chi connectivity index (χ4v) is 1.99. The molecule has 21 heavy (non-hydrogen) atoms. The van der Waals surface area contributed by atoms with Gasteiger partial charge in [0.25, 0.3) is 0 Å². The molecule has 0 amide bonds. The molecule has 2 rings (SSSR count). The number of pyridine rings is 1. The summed E-state index contributed by atoms with van der Waals surface area (Å²) < 4.78 is 52.8. The van der Waals surface area contributed by atoms with E-state index in [4.69, 9.17) is 0 Å². The van der Waals surface area contributed by atoms with Gasteiger partial charge in [0, 0.05) is 30.1 Å². The van der Waals surface area contributed by atoms with Gasteiger partial charge in [-0.05, 0) is 24.2 Å². The first kappa shape index (κ1) is 15.4. The molecule has 0 aliphatic rings. The van der Waals surface area contributed by atoms with Crippen LogP contribution in [0.1, 0.15) is 18.1 Å². The third kappa shape index (κ3) is 3.58. The molecular formula is C15H14F4N2. The first-order valence-corrected chi connectivity index (χ1v) is 6.44. The van der Waals surface area contributed by atoms with Crippen molar-refractivity contribution in [2.24, 2.45) is 0 Å². The van der Waals surface area contributed by atoms with Crippen LogP contribution in [0.4, 0.5) is 17.6 Å². The van der Waals surface area contributed by atoms with Crippen molar-refractivity contribution in [1.29, 1.82) is 0 Å². The summed E-state index contributed by atoms with van der Waals surface area (Å²) in [5.74, 6) is -0.537. The van der Waals surface area contributed by atoms with Gasteiger partial charge in [-0.3, -0.25) is 4.98 Å². The highest BCUT2D eigenvalue weighted by atomic mass is 19.4. The van der Waals surface area contributed by atoms with Gasteiger partial charge in [-0.2, -0.15) is 13.2 Å². The molecule has 1 aromatic heterocycles. The molecule has 0 fully saturated rings. The van der Waals surface area contributed by atoms with E-state index >= 15 is 0 Å². The molecule has 1 heterocycles. The Morgan fingerprint density at radius 2 is 1.95 bits per heavy atom. The Hall–Kier alpha value is -1.95. The van der Waals surface area contributed by atoms with E-state index in [0.29, 0.717) is 18.7 Å². The molecule has 1 aromatic carbocycles. The minimum Gasteiger partial charge on any atom is -0.313 e. The van der Waals surface area contributed by atoms with Gasteiger partial charge in [0.2, 0.25) is 0 Å². The highest BCUT2D eigenvalue weighted by molar-refractivity contribution is 5.67. The highest BCUT2D eigenvalue weighted by Gasteiger charge is 2.33. The maximum atomic E-state index is 13.9. The van der Waals surface area contributed by atoms with E-state index in [1.165, 1.54) is 12.1 Å². The van der Waals surface area contributed by atoms with Gasteiger partial charge in [0.05, 0.1) is 5.56 Å². The lowest BCUT2D eigenvalue weighted by Gasteiger charge is -2.13. The van der Waals surface area contributed by atoms with Gasteiger partial charge in [-0.15, -0.1) is 0 Å². The molecule has 0 atom stereocenters. The lowest BCUT2D eigenvalue weighted by molar-refractivity contribution is -0.137. The molecule has 0 spiro atoms. The average molecular weight is 298 g/mol. The molecule has 0 bridgehead atoms. The molecule has 112 valence electrons. The summed E-state index contributed by atoms with van der Waals surface area (Å²) >= 11 is 0. The Morgan fingerprint density at radius 3 is 2.57 bits per heavy atom. The summed E-state index contributed by atoms with van der Waals surface area (Å²) in [5.41, 5.74) is -0.374. The van der Waals surface area contributed by atoms with Crippen molar-refractivity contribution in [3.8, 4) is 11.1 Å². The summed E-state index contributed by atoms with van der Waals surface area (Å²) in [6.07, 6.45) is -2.33. The average Bonchev–Trinajstić information content (AvgIpc) is 2.45. The highest BCUT2D eigenvalue weighted by Crippen LogP contribution is 2.36. The molecule has 6 heteroatoms. The minimum absolute atomic E-state index is 0.126. The van der Waals surface area contributed by atoms with Crippen molar-refractivity contribution in [3.05, 3.63) is 53.6 Å². The number of nitrogens with one attached hydrogen (secondary N) is 1. The molecule has 0 aliphatic carbocycles. The Kier molecular flexibility index (Phi) is 4.57. The molecule has 2 aromatic rings. The molecule has 0 unspecified atom stereocenters. The second kappa shape index (κ2) is 6.22. The lowest BCUT2D eigenvalue weighted by Crippen LogP contribution is -2.13. The van der Waals surface area contributed by atoms with Crippen LogP contribution in [-0.2, 0) is 12.7 Å². The van der Waals surface area contributed by atoms with Crippen molar-refractivity contribution in [3.63, 3.8) is 0 Å². The predicted octanol–water partition coefficient (Wildman–Crippen LogP) is 4.02. The summed E-state index contributed by atoms with van der Waals surface area (Å²) in [7, 11) is 0. The van der Waals surface area contributed by atoms with E-state index in [1.807, 2.05) is 6.92 Å². The Bertz CT molecular complexity index is 623. The number of hydrogen-bond acceptors (Lipinski definition) is 2. The summed E-state index contributed by atoms with van der Waals surface area (Å²) in [4.78, 5) is 3.70. The van der Waals surface area contributed by atoms with E-state index in [-0.39, 0.29) is 11.1 Å². The van der Waals surface area contributed by atoms with Crippen LogP contribution in [0.2, 0.25) is 0 Å². The third-order valence-electron chi connectivity index (χ3n) is 3.06. The normalized spacial score (nSPS) is 11.7. The van der Waals surface area contributed by atoms with E-state index in [9.17, 15) is 17.6 Å². The van der Waals surface area contributed by atoms with Crippen LogP contribution in [0.15, 0.2) is 36.7 Å². The Labute approximate surface area is 119 Å². The smallest absolute Gasteiger partial charge is 0.313 e. The van der Waals surface area contributed by atoms with Crippen molar-refractivity contribution in [1.82, 2.24) is 10.3 Å². The van der Waals surface area contributed by atoms with E-state index in [2.05, 4.69) is 10.3 Å². The van der Waals surface area contributed by atoms with Crippen LogP contribution >= 0.6 is 0 Å². The zero-order valence-electron chi connectivity index (χ0n) is 11.3. The van der Waals surface area contributed by atoms with Crippen molar-refractivity contribution >= 4 is 0 Å². The van der Waals surface area contributed by atoms with Gasteiger partial charge in [0.15, 0.2) is 0 Å². The number of nitrogens with zero attached hydrogens (tertiary/aromatic N) is 1. The largest absolute Gasteiger partial charge is 0.417 e. The van der Waals surface area contributed by atoms with E-state index in [0.717, 1.165) is 24.5 Å². The van der Waals surface area contributed by atoms with Crippen LogP contribution in [-0.4, -0.2) is 11.5 Å². The first-order valence-electron chi connectivity index (χ1n) is 6.44. The Balaban J connectivity index is 2.42. The fraction of sp³-hybridized carbons (Fsp3) is 0.267. The molecule has 0 saturated heterocycles. The van der Waals surface area contributed by atoms with Crippen LogP contribution in [0, 0.1) is 5.82 Å². The standard InChI is InChI=1S/C15H14F4N2/c1-2-20-8-11-4-3-10(7-14(11)16)12-9-21-6-5-13(12)15(17,18)19/h3-7,9,20H,2,8H2,1H3. The van der Waals surface area contributed by atoms with Crippen molar-refractivity contribution in [2.45, 2.75) is 19.6 Å².